The Bertz CT molecular complexity index is 1230. The van der Waals surface area contributed by atoms with Gasteiger partial charge in [-0.3, -0.25) is 4.79 Å². The van der Waals surface area contributed by atoms with Crippen molar-refractivity contribution in [2.24, 2.45) is 0 Å². The molecule has 2 aromatic carbocycles. The Hall–Kier alpha value is -2.64. The topological polar surface area (TPSA) is 73.5 Å². The van der Waals surface area contributed by atoms with Crippen LogP contribution in [0, 0.1) is 0 Å². The molecule has 29 heavy (non-hydrogen) atoms. The highest BCUT2D eigenvalue weighted by atomic mass is 32.2. The predicted octanol–water partition coefficient (Wildman–Crippen LogP) is 3.21. The molecule has 1 N–H and O–H groups in total. The summed E-state index contributed by atoms with van der Waals surface area (Å²) in [5.74, 6) is -0.00977. The van der Waals surface area contributed by atoms with E-state index in [2.05, 4.69) is 4.98 Å². The van der Waals surface area contributed by atoms with Crippen LogP contribution in [0.4, 0.5) is 5.69 Å². The van der Waals surface area contributed by atoms with Crippen molar-refractivity contribution in [2.45, 2.75) is 37.6 Å². The lowest BCUT2D eigenvalue weighted by Crippen LogP contribution is -2.36. The number of nitrogens with zero attached hydrogens (tertiary/aromatic N) is 2. The quantitative estimate of drug-likeness (QED) is 0.706. The lowest BCUT2D eigenvalue weighted by molar-refractivity contribution is -0.116. The lowest BCUT2D eigenvalue weighted by atomic mass is 10.0. The van der Waals surface area contributed by atoms with Gasteiger partial charge in [0, 0.05) is 55.3 Å². The number of hydrogen-bond donors (Lipinski definition) is 1. The van der Waals surface area contributed by atoms with Gasteiger partial charge in [0.1, 0.15) is 0 Å². The number of para-hydroxylation sites is 1. The number of fused-ring (bicyclic) bond motifs is 4. The van der Waals surface area contributed by atoms with Gasteiger partial charge in [0.25, 0.3) is 0 Å². The third kappa shape index (κ3) is 2.96. The van der Waals surface area contributed by atoms with E-state index in [1.54, 1.807) is 34.3 Å². The van der Waals surface area contributed by atoms with Crippen LogP contribution >= 0.6 is 0 Å². The van der Waals surface area contributed by atoms with E-state index in [1.165, 1.54) is 0 Å². The molecule has 3 aromatic rings. The number of H-pyrrole nitrogens is 1. The van der Waals surface area contributed by atoms with Crippen LogP contribution in [0.3, 0.4) is 0 Å². The van der Waals surface area contributed by atoms with Gasteiger partial charge in [0.2, 0.25) is 15.9 Å². The molecule has 0 saturated heterocycles. The highest BCUT2D eigenvalue weighted by Crippen LogP contribution is 2.33. The number of amides is 1. The van der Waals surface area contributed by atoms with Crippen molar-refractivity contribution in [2.75, 3.05) is 18.0 Å². The molecule has 0 radical (unpaired) electrons. The Balaban J connectivity index is 1.50. The van der Waals surface area contributed by atoms with Crippen LogP contribution in [0.1, 0.15) is 30.2 Å². The standard InChI is InChI=1S/C22H23N3O3S/c1-15(26)25-11-4-5-16-13-17(8-9-22(16)25)29(27,28)24-12-10-21-19(14-24)18-6-2-3-7-20(18)23-21/h2-3,6-9,13,23H,4-5,10-12,14H2,1H3. The first-order valence-corrected chi connectivity index (χ1v) is 11.4. The van der Waals surface area contributed by atoms with Gasteiger partial charge in [-0.1, -0.05) is 18.2 Å². The number of aromatic nitrogens is 1. The Kier molecular flexibility index (Phi) is 4.26. The number of hydrogen-bond acceptors (Lipinski definition) is 3. The lowest BCUT2D eigenvalue weighted by Gasteiger charge is -2.30. The molecule has 150 valence electrons. The fraction of sp³-hybridized carbons (Fsp3) is 0.318. The van der Waals surface area contributed by atoms with Crippen molar-refractivity contribution in [3.05, 3.63) is 59.3 Å². The van der Waals surface area contributed by atoms with Gasteiger partial charge in [-0.2, -0.15) is 4.31 Å². The number of rotatable bonds is 2. The molecule has 0 bridgehead atoms. The zero-order chi connectivity index (χ0) is 20.2. The summed E-state index contributed by atoms with van der Waals surface area (Å²) in [6.07, 6.45) is 2.31. The molecule has 0 atom stereocenters. The zero-order valence-corrected chi connectivity index (χ0v) is 17.1. The van der Waals surface area contributed by atoms with E-state index in [9.17, 15) is 13.2 Å². The van der Waals surface area contributed by atoms with Gasteiger partial charge in [0.05, 0.1) is 4.90 Å². The van der Waals surface area contributed by atoms with Crippen LogP contribution in [-0.4, -0.2) is 36.7 Å². The second-order valence-electron chi connectivity index (χ2n) is 7.78. The highest BCUT2D eigenvalue weighted by molar-refractivity contribution is 7.89. The number of benzene rings is 2. The maximum atomic E-state index is 13.4. The van der Waals surface area contributed by atoms with E-state index in [-0.39, 0.29) is 5.91 Å². The molecule has 7 heteroatoms. The third-order valence-corrected chi connectivity index (χ3v) is 7.88. The Morgan fingerprint density at radius 3 is 2.72 bits per heavy atom. The van der Waals surface area contributed by atoms with Crippen LogP contribution in [-0.2, 0) is 34.2 Å². The van der Waals surface area contributed by atoms with Crippen LogP contribution in [0.25, 0.3) is 10.9 Å². The first-order valence-electron chi connectivity index (χ1n) is 9.95. The molecule has 5 rings (SSSR count). The summed E-state index contributed by atoms with van der Waals surface area (Å²) >= 11 is 0. The molecule has 0 aliphatic carbocycles. The molecule has 2 aliphatic rings. The molecule has 1 amide bonds. The molecular weight excluding hydrogens is 386 g/mol. The molecule has 0 saturated carbocycles. The minimum Gasteiger partial charge on any atom is -0.358 e. The normalized spacial score (nSPS) is 17.2. The Labute approximate surface area is 170 Å². The van der Waals surface area contributed by atoms with Gasteiger partial charge in [-0.15, -0.1) is 0 Å². The van der Waals surface area contributed by atoms with Crippen molar-refractivity contribution in [3.8, 4) is 0 Å². The molecule has 0 spiro atoms. The van der Waals surface area contributed by atoms with Gasteiger partial charge in [0.15, 0.2) is 0 Å². The van der Waals surface area contributed by atoms with Crippen LogP contribution in [0.5, 0.6) is 0 Å². The van der Waals surface area contributed by atoms with Crippen LogP contribution < -0.4 is 4.90 Å². The Morgan fingerprint density at radius 1 is 1.07 bits per heavy atom. The molecular formula is C22H23N3O3S. The van der Waals surface area contributed by atoms with Crippen LogP contribution in [0.2, 0.25) is 0 Å². The van der Waals surface area contributed by atoms with E-state index in [0.29, 0.717) is 31.0 Å². The molecule has 0 fully saturated rings. The number of aryl methyl sites for hydroxylation is 1. The van der Waals surface area contributed by atoms with Gasteiger partial charge in [-0.05, 0) is 48.2 Å². The third-order valence-electron chi connectivity index (χ3n) is 6.04. The van der Waals surface area contributed by atoms with Crippen molar-refractivity contribution in [1.29, 1.82) is 0 Å². The van der Waals surface area contributed by atoms with Crippen molar-refractivity contribution in [3.63, 3.8) is 0 Å². The Morgan fingerprint density at radius 2 is 1.90 bits per heavy atom. The monoisotopic (exact) mass is 409 g/mol. The summed E-state index contributed by atoms with van der Waals surface area (Å²) in [6, 6.07) is 13.2. The summed E-state index contributed by atoms with van der Waals surface area (Å²) in [7, 11) is -3.61. The van der Waals surface area contributed by atoms with Gasteiger partial charge >= 0.3 is 0 Å². The number of carbonyl (C=O) groups is 1. The summed E-state index contributed by atoms with van der Waals surface area (Å²) in [6.45, 7) is 3.06. The molecule has 0 unspecified atom stereocenters. The summed E-state index contributed by atoms with van der Waals surface area (Å²) in [4.78, 5) is 17.4. The van der Waals surface area contributed by atoms with Crippen molar-refractivity contribution in [1.82, 2.24) is 9.29 Å². The van der Waals surface area contributed by atoms with Crippen molar-refractivity contribution >= 4 is 32.5 Å². The summed E-state index contributed by atoms with van der Waals surface area (Å²) in [5, 5.41) is 1.09. The smallest absolute Gasteiger partial charge is 0.243 e. The minimum absolute atomic E-state index is 0.00977. The average Bonchev–Trinajstić information content (AvgIpc) is 3.10. The highest BCUT2D eigenvalue weighted by Gasteiger charge is 2.31. The fourth-order valence-corrected chi connectivity index (χ4v) is 6.02. The van der Waals surface area contributed by atoms with Crippen molar-refractivity contribution < 1.29 is 13.2 Å². The summed E-state index contributed by atoms with van der Waals surface area (Å²) in [5.41, 5.74) is 5.00. The van der Waals surface area contributed by atoms with Gasteiger partial charge < -0.3 is 9.88 Å². The van der Waals surface area contributed by atoms with E-state index in [0.717, 1.165) is 46.3 Å². The van der Waals surface area contributed by atoms with Gasteiger partial charge in [-0.25, -0.2) is 8.42 Å². The second-order valence-corrected chi connectivity index (χ2v) is 9.72. The van der Waals surface area contributed by atoms with E-state index in [4.69, 9.17) is 0 Å². The second kappa shape index (κ2) is 6.71. The fourth-order valence-electron chi connectivity index (χ4n) is 4.56. The largest absolute Gasteiger partial charge is 0.358 e. The average molecular weight is 410 g/mol. The molecule has 1 aromatic heterocycles. The maximum Gasteiger partial charge on any atom is 0.243 e. The number of sulfonamides is 1. The first kappa shape index (κ1) is 18.4. The van der Waals surface area contributed by atoms with E-state index < -0.39 is 10.0 Å². The van der Waals surface area contributed by atoms with E-state index in [1.807, 2.05) is 24.3 Å². The minimum atomic E-state index is -3.61. The number of aromatic amines is 1. The SMILES string of the molecule is CC(=O)N1CCCc2cc(S(=O)(=O)N3CCc4[nH]c5ccccc5c4C3)ccc21. The van der Waals surface area contributed by atoms with E-state index >= 15 is 0 Å². The molecule has 2 aliphatic heterocycles. The molecule has 6 nitrogen and oxygen atoms in total. The molecule has 3 heterocycles. The first-order chi connectivity index (χ1) is 13.9. The zero-order valence-electron chi connectivity index (χ0n) is 16.3. The number of nitrogens with one attached hydrogen (secondary N) is 1. The summed E-state index contributed by atoms with van der Waals surface area (Å²) < 4.78 is 28.4. The maximum absolute atomic E-state index is 13.4. The number of anilines is 1. The predicted molar refractivity (Wildman–Crippen MR) is 112 cm³/mol. The number of carbonyl (C=O) groups excluding carboxylic acids is 1. The van der Waals surface area contributed by atoms with Crippen LogP contribution in [0.15, 0.2) is 47.4 Å².